The molecule has 0 aromatic heterocycles. The number of esters is 2. The lowest BCUT2D eigenvalue weighted by Gasteiger charge is -2.18. The predicted octanol–water partition coefficient (Wildman–Crippen LogP) is 4.19. The molecule has 2 aromatic carbocycles. The summed E-state index contributed by atoms with van der Waals surface area (Å²) in [5.41, 5.74) is 0.286. The highest BCUT2D eigenvalue weighted by Gasteiger charge is 2.37. The van der Waals surface area contributed by atoms with E-state index >= 15 is 0 Å². The Morgan fingerprint density at radius 3 is 2.30 bits per heavy atom. The van der Waals surface area contributed by atoms with Crippen LogP contribution >= 0.6 is 15.9 Å². The zero-order valence-electron chi connectivity index (χ0n) is 17.7. The van der Waals surface area contributed by atoms with Gasteiger partial charge in [-0.1, -0.05) is 64.5 Å². The van der Waals surface area contributed by atoms with Gasteiger partial charge in [0.2, 0.25) is 0 Å². The summed E-state index contributed by atoms with van der Waals surface area (Å²) in [6, 6.07) is 15.1. The minimum atomic E-state index is -1.93. The number of nitro groups is 1. The van der Waals surface area contributed by atoms with Crippen LogP contribution < -0.4 is 0 Å². The van der Waals surface area contributed by atoms with E-state index in [-0.39, 0.29) is 13.0 Å². The Hall–Kier alpha value is -3.53. The lowest BCUT2D eigenvalue weighted by Crippen LogP contribution is -2.34. The molecule has 0 aliphatic rings. The summed E-state index contributed by atoms with van der Waals surface area (Å²) in [6.45, 7) is 1.43. The topological polar surface area (TPSA) is 133 Å². The van der Waals surface area contributed by atoms with Crippen LogP contribution in [0.15, 0.2) is 64.8 Å². The van der Waals surface area contributed by atoms with E-state index in [9.17, 15) is 29.6 Å². The van der Waals surface area contributed by atoms with Crippen LogP contribution in [0.25, 0.3) is 6.08 Å². The van der Waals surface area contributed by atoms with Crippen molar-refractivity contribution >= 4 is 39.9 Å². The van der Waals surface area contributed by atoms with Crippen molar-refractivity contribution in [2.75, 3.05) is 6.61 Å². The molecule has 174 valence electrons. The second kappa shape index (κ2) is 12.5. The highest BCUT2D eigenvalue weighted by molar-refractivity contribution is 9.10. The van der Waals surface area contributed by atoms with E-state index in [0.717, 1.165) is 6.08 Å². The maximum absolute atomic E-state index is 12.7. The van der Waals surface area contributed by atoms with Crippen LogP contribution in [0.2, 0.25) is 0 Å². The van der Waals surface area contributed by atoms with Crippen molar-refractivity contribution in [3.8, 4) is 0 Å². The quantitative estimate of drug-likeness (QED) is 0.265. The summed E-state index contributed by atoms with van der Waals surface area (Å²) in [6.07, 6.45) is -1.57. The van der Waals surface area contributed by atoms with Gasteiger partial charge in [0.1, 0.15) is 0 Å². The van der Waals surface area contributed by atoms with Gasteiger partial charge in [-0.15, -0.1) is 0 Å². The fraction of sp³-hybridized carbons (Fsp3) is 0.261. The number of carbonyl (C=O) groups is 3. The number of benzene rings is 2. The van der Waals surface area contributed by atoms with Crippen LogP contribution in [0.4, 0.5) is 0 Å². The molecule has 0 aliphatic heterocycles. The van der Waals surface area contributed by atoms with Crippen molar-refractivity contribution in [1.29, 1.82) is 0 Å². The molecule has 10 heteroatoms. The van der Waals surface area contributed by atoms with Crippen molar-refractivity contribution in [3.63, 3.8) is 0 Å². The highest BCUT2D eigenvalue weighted by Crippen LogP contribution is 2.26. The van der Waals surface area contributed by atoms with Crippen LogP contribution in [-0.4, -0.2) is 40.6 Å². The fourth-order valence-electron chi connectivity index (χ4n) is 3.05. The number of carboxylic acids is 1. The number of carbonyl (C=O) groups excluding carboxylic acids is 2. The van der Waals surface area contributed by atoms with Crippen molar-refractivity contribution in [3.05, 3.63) is 86.0 Å². The summed E-state index contributed by atoms with van der Waals surface area (Å²) in [4.78, 5) is 47.4. The number of halogens is 1. The molecule has 2 aromatic rings. The monoisotopic (exact) mass is 519 g/mol. The van der Waals surface area contributed by atoms with Gasteiger partial charge in [-0.25, -0.2) is 4.79 Å². The molecule has 0 amide bonds. The number of carboxylic acid groups (broad SMARTS) is 1. The Morgan fingerprint density at radius 1 is 1.09 bits per heavy atom. The van der Waals surface area contributed by atoms with Gasteiger partial charge in [0.15, 0.2) is 0 Å². The van der Waals surface area contributed by atoms with E-state index in [2.05, 4.69) is 15.9 Å². The Labute approximate surface area is 198 Å². The highest BCUT2D eigenvalue weighted by atomic mass is 79.9. The lowest BCUT2D eigenvalue weighted by atomic mass is 9.92. The summed E-state index contributed by atoms with van der Waals surface area (Å²) >= 11 is 3.28. The standard InChI is InChI=1S/C23H22BrNO8/c1-2-32-23(29)22(19(25(30)31)12-16-10-6-7-11-18(16)24)33-21(28)14-17(13-20(26)27)15-8-4-3-5-9-15/h3-12,17,22H,2,13-14H2,1H3,(H,26,27)/b19-12-. The van der Waals surface area contributed by atoms with E-state index in [1.807, 2.05) is 0 Å². The molecule has 33 heavy (non-hydrogen) atoms. The van der Waals surface area contributed by atoms with Crippen LogP contribution in [-0.2, 0) is 23.9 Å². The normalized spacial score (nSPS) is 13.0. The molecule has 2 unspecified atom stereocenters. The third-order valence-corrected chi connectivity index (χ3v) is 5.27. The second-order valence-corrected chi connectivity index (χ2v) is 7.73. The number of hydrogen-bond donors (Lipinski definition) is 1. The van der Waals surface area contributed by atoms with Crippen LogP contribution in [0.1, 0.15) is 36.8 Å². The van der Waals surface area contributed by atoms with E-state index < -0.39 is 47.0 Å². The molecule has 0 saturated heterocycles. The first-order chi connectivity index (χ1) is 15.7. The number of aliphatic carboxylic acids is 1. The van der Waals surface area contributed by atoms with Crippen LogP contribution in [0.3, 0.4) is 0 Å². The van der Waals surface area contributed by atoms with Gasteiger partial charge in [-0.05, 0) is 24.1 Å². The number of hydrogen-bond acceptors (Lipinski definition) is 7. The number of nitrogens with zero attached hydrogens (tertiary/aromatic N) is 1. The first kappa shape index (κ1) is 25.7. The average molecular weight is 520 g/mol. The van der Waals surface area contributed by atoms with E-state index in [0.29, 0.717) is 15.6 Å². The molecule has 0 fully saturated rings. The van der Waals surface area contributed by atoms with Gasteiger partial charge in [0.25, 0.3) is 11.8 Å². The average Bonchev–Trinajstić information content (AvgIpc) is 2.77. The Morgan fingerprint density at radius 2 is 1.73 bits per heavy atom. The molecule has 0 heterocycles. The Balaban J connectivity index is 2.35. The fourth-order valence-corrected chi connectivity index (χ4v) is 3.45. The molecule has 0 aliphatic carbocycles. The van der Waals surface area contributed by atoms with Gasteiger partial charge >= 0.3 is 17.9 Å². The molecule has 2 atom stereocenters. The predicted molar refractivity (Wildman–Crippen MR) is 122 cm³/mol. The summed E-state index contributed by atoms with van der Waals surface area (Å²) in [5.74, 6) is -3.94. The smallest absolute Gasteiger partial charge is 0.358 e. The van der Waals surface area contributed by atoms with Crippen LogP contribution in [0, 0.1) is 10.1 Å². The number of ether oxygens (including phenoxy) is 2. The van der Waals surface area contributed by atoms with E-state index in [4.69, 9.17) is 9.47 Å². The molecular weight excluding hydrogens is 498 g/mol. The van der Waals surface area contributed by atoms with Crippen molar-refractivity contribution in [2.24, 2.45) is 0 Å². The van der Waals surface area contributed by atoms with E-state index in [1.165, 1.54) is 6.92 Å². The van der Waals surface area contributed by atoms with Crippen molar-refractivity contribution in [2.45, 2.75) is 31.8 Å². The molecule has 0 bridgehead atoms. The van der Waals surface area contributed by atoms with Crippen LogP contribution in [0.5, 0.6) is 0 Å². The first-order valence-electron chi connectivity index (χ1n) is 9.96. The molecule has 2 rings (SSSR count). The van der Waals surface area contributed by atoms with Gasteiger partial charge in [0, 0.05) is 16.5 Å². The largest absolute Gasteiger partial charge is 0.481 e. The van der Waals surface area contributed by atoms with E-state index in [1.54, 1.807) is 54.6 Å². The Bertz CT molecular complexity index is 1040. The second-order valence-electron chi connectivity index (χ2n) is 6.88. The molecule has 0 saturated carbocycles. The van der Waals surface area contributed by atoms with Crippen molar-refractivity contribution < 1.29 is 33.9 Å². The molecule has 0 radical (unpaired) electrons. The Kier molecular flexibility index (Phi) is 9.74. The van der Waals surface area contributed by atoms with Gasteiger partial charge in [-0.2, -0.15) is 0 Å². The van der Waals surface area contributed by atoms with Crippen molar-refractivity contribution in [1.82, 2.24) is 0 Å². The minimum absolute atomic E-state index is 0.0848. The SMILES string of the molecule is CCOC(=O)C(OC(=O)CC(CC(=O)O)c1ccccc1)/C(=C/c1ccccc1Br)[N+](=O)[O-]. The first-order valence-corrected chi connectivity index (χ1v) is 10.8. The number of rotatable bonds is 11. The maximum Gasteiger partial charge on any atom is 0.358 e. The minimum Gasteiger partial charge on any atom is -0.481 e. The summed E-state index contributed by atoms with van der Waals surface area (Å²) < 4.78 is 10.6. The zero-order chi connectivity index (χ0) is 24.4. The van der Waals surface area contributed by atoms with Gasteiger partial charge in [-0.3, -0.25) is 19.7 Å². The van der Waals surface area contributed by atoms with Gasteiger partial charge in [0.05, 0.1) is 24.4 Å². The molecular formula is C23H22BrNO8. The van der Waals surface area contributed by atoms with Gasteiger partial charge < -0.3 is 14.6 Å². The molecule has 9 nitrogen and oxygen atoms in total. The zero-order valence-corrected chi connectivity index (χ0v) is 19.3. The maximum atomic E-state index is 12.7. The molecule has 0 spiro atoms. The summed E-state index contributed by atoms with van der Waals surface area (Å²) in [5, 5.41) is 21.0. The third-order valence-electron chi connectivity index (χ3n) is 4.54. The molecule has 1 N–H and O–H groups in total. The third kappa shape index (κ3) is 7.83. The lowest BCUT2D eigenvalue weighted by molar-refractivity contribution is -0.432. The summed E-state index contributed by atoms with van der Waals surface area (Å²) in [7, 11) is 0.